The first-order valence-electron chi connectivity index (χ1n) is 5.14. The molecule has 0 radical (unpaired) electrons. The molecule has 1 heterocycles. The molecular weight excluding hydrogens is 275 g/mol. The minimum Gasteiger partial charge on any atom is -0.498 e. The third-order valence-corrected chi connectivity index (χ3v) is 5.55. The number of ether oxygens (including phenoxy) is 1. The molecule has 1 spiro atoms. The van der Waals surface area contributed by atoms with E-state index in [1.165, 1.54) is 19.3 Å². The number of fused-ring (bicyclic) bond motifs is 3. The summed E-state index contributed by atoms with van der Waals surface area (Å²) in [7, 11) is 0. The van der Waals surface area contributed by atoms with E-state index in [2.05, 4.69) is 29.2 Å². The summed E-state index contributed by atoms with van der Waals surface area (Å²) in [5, 5.41) is 0. The van der Waals surface area contributed by atoms with E-state index >= 15 is 0 Å². The first-order valence-corrected chi connectivity index (χ1v) is 6.39. The van der Waals surface area contributed by atoms with Crippen LogP contribution in [0.25, 0.3) is 0 Å². The van der Waals surface area contributed by atoms with E-state index in [0.29, 0.717) is 5.41 Å². The van der Waals surface area contributed by atoms with Gasteiger partial charge in [0.05, 0.1) is 12.4 Å². The van der Waals surface area contributed by atoms with Crippen LogP contribution in [-0.2, 0) is 4.74 Å². The van der Waals surface area contributed by atoms with Crippen LogP contribution in [0.4, 0.5) is 0 Å². The van der Waals surface area contributed by atoms with Crippen molar-refractivity contribution in [3.05, 3.63) is 12.3 Å². The van der Waals surface area contributed by atoms with Crippen LogP contribution < -0.4 is 0 Å². The predicted octanol–water partition coefficient (Wildman–Crippen LogP) is 3.14. The van der Waals surface area contributed by atoms with Crippen LogP contribution in [0.15, 0.2) is 12.3 Å². The molecule has 1 nitrogen and oxygen atoms in total. The number of allylic oxidation sites excluding steroid dienone is 1. The molecule has 3 rings (SSSR count). The highest BCUT2D eigenvalue weighted by Gasteiger charge is 2.57. The van der Waals surface area contributed by atoms with Crippen LogP contribution in [0.3, 0.4) is 0 Å². The molecule has 4 unspecified atom stereocenters. The average Bonchev–Trinajstić information content (AvgIpc) is 2.66. The normalized spacial score (nSPS) is 53.3. The average molecular weight is 290 g/mol. The van der Waals surface area contributed by atoms with Crippen molar-refractivity contribution in [2.45, 2.75) is 29.6 Å². The molecule has 2 heteroatoms. The summed E-state index contributed by atoms with van der Waals surface area (Å²) in [6, 6.07) is 0. The van der Waals surface area contributed by atoms with E-state index in [1.807, 2.05) is 0 Å². The Morgan fingerprint density at radius 3 is 2.85 bits per heavy atom. The number of alkyl halides is 1. The smallest absolute Gasteiger partial charge is 0.0940 e. The predicted molar refractivity (Wildman–Crippen MR) is 60.8 cm³/mol. The van der Waals surface area contributed by atoms with E-state index in [4.69, 9.17) is 4.74 Å². The monoisotopic (exact) mass is 290 g/mol. The summed E-state index contributed by atoms with van der Waals surface area (Å²) in [5.41, 5.74) is 0.520. The molecule has 13 heavy (non-hydrogen) atoms. The van der Waals surface area contributed by atoms with Crippen molar-refractivity contribution in [3.63, 3.8) is 0 Å². The summed E-state index contributed by atoms with van der Waals surface area (Å²) in [6.45, 7) is 4.92. The molecule has 4 atom stereocenters. The number of halogens is 1. The van der Waals surface area contributed by atoms with Gasteiger partial charge in [-0.05, 0) is 31.1 Å². The Morgan fingerprint density at radius 1 is 1.46 bits per heavy atom. The SMILES string of the molecule is C=C1CC2(CO1)CC1CC(I)C2C1. The van der Waals surface area contributed by atoms with E-state index in [-0.39, 0.29) is 0 Å². The van der Waals surface area contributed by atoms with Gasteiger partial charge in [-0.2, -0.15) is 0 Å². The molecule has 3 aliphatic rings. The van der Waals surface area contributed by atoms with Gasteiger partial charge in [0.1, 0.15) is 0 Å². The van der Waals surface area contributed by atoms with Crippen molar-refractivity contribution in [1.82, 2.24) is 0 Å². The summed E-state index contributed by atoms with van der Waals surface area (Å²) in [6.07, 6.45) is 5.48. The van der Waals surface area contributed by atoms with Gasteiger partial charge in [-0.3, -0.25) is 0 Å². The Balaban J connectivity index is 1.90. The first kappa shape index (κ1) is 8.57. The molecule has 0 aromatic heterocycles. The zero-order valence-corrected chi connectivity index (χ0v) is 9.92. The standard InChI is InChI=1S/C11H15IO/c1-7-4-11(6-13-7)5-8-2-9(11)10(12)3-8/h8-10H,1-6H2. The van der Waals surface area contributed by atoms with Gasteiger partial charge in [0.25, 0.3) is 0 Å². The lowest BCUT2D eigenvalue weighted by atomic mass is 9.72. The maximum Gasteiger partial charge on any atom is 0.0940 e. The zero-order valence-electron chi connectivity index (χ0n) is 7.76. The lowest BCUT2D eigenvalue weighted by Crippen LogP contribution is -2.33. The number of hydrogen-bond donors (Lipinski definition) is 0. The van der Waals surface area contributed by atoms with Gasteiger partial charge < -0.3 is 4.74 Å². The summed E-state index contributed by atoms with van der Waals surface area (Å²) >= 11 is 2.65. The molecule has 0 aromatic rings. The second-order valence-electron chi connectivity index (χ2n) is 5.03. The fourth-order valence-corrected chi connectivity index (χ4v) is 5.50. The highest BCUT2D eigenvalue weighted by atomic mass is 127. The summed E-state index contributed by atoms with van der Waals surface area (Å²) in [4.78, 5) is 0. The molecule has 2 saturated carbocycles. The maximum atomic E-state index is 5.59. The van der Waals surface area contributed by atoms with Crippen LogP contribution in [0.2, 0.25) is 0 Å². The van der Waals surface area contributed by atoms with E-state index < -0.39 is 0 Å². The molecule has 0 amide bonds. The molecule has 2 bridgehead atoms. The Bertz CT molecular complexity index is 263. The molecule has 0 aromatic carbocycles. The number of rotatable bonds is 0. The van der Waals surface area contributed by atoms with Crippen molar-refractivity contribution >= 4 is 22.6 Å². The molecule has 0 N–H and O–H groups in total. The molecule has 3 fully saturated rings. The Morgan fingerprint density at radius 2 is 2.31 bits per heavy atom. The fraction of sp³-hybridized carbons (Fsp3) is 0.818. The van der Waals surface area contributed by atoms with Crippen molar-refractivity contribution in [2.24, 2.45) is 17.3 Å². The van der Waals surface area contributed by atoms with Crippen LogP contribution in [-0.4, -0.2) is 10.5 Å². The van der Waals surface area contributed by atoms with Crippen LogP contribution >= 0.6 is 22.6 Å². The van der Waals surface area contributed by atoms with Gasteiger partial charge in [-0.25, -0.2) is 0 Å². The van der Waals surface area contributed by atoms with Gasteiger partial charge in [-0.1, -0.05) is 29.2 Å². The molecule has 2 aliphatic carbocycles. The maximum absolute atomic E-state index is 5.59. The van der Waals surface area contributed by atoms with Crippen LogP contribution in [0.1, 0.15) is 25.7 Å². The lowest BCUT2D eigenvalue weighted by Gasteiger charge is -2.34. The Hall–Kier alpha value is 0.270. The molecule has 72 valence electrons. The Labute approximate surface area is 93.1 Å². The molecule has 1 aliphatic heterocycles. The fourth-order valence-electron chi connectivity index (χ4n) is 3.72. The highest BCUT2D eigenvalue weighted by Crippen LogP contribution is 2.62. The third-order valence-electron chi connectivity index (χ3n) is 4.18. The lowest BCUT2D eigenvalue weighted by molar-refractivity contribution is 0.127. The molecular formula is C11H15IO. The molecule has 1 saturated heterocycles. The third kappa shape index (κ3) is 1.10. The quantitative estimate of drug-likeness (QED) is 0.492. The van der Waals surface area contributed by atoms with Crippen molar-refractivity contribution in [3.8, 4) is 0 Å². The first-order chi connectivity index (χ1) is 6.20. The van der Waals surface area contributed by atoms with Crippen LogP contribution in [0, 0.1) is 17.3 Å². The van der Waals surface area contributed by atoms with E-state index in [1.54, 1.807) is 0 Å². The van der Waals surface area contributed by atoms with E-state index in [9.17, 15) is 0 Å². The second-order valence-corrected chi connectivity index (χ2v) is 6.63. The van der Waals surface area contributed by atoms with Gasteiger partial charge >= 0.3 is 0 Å². The summed E-state index contributed by atoms with van der Waals surface area (Å²) in [5.74, 6) is 2.97. The van der Waals surface area contributed by atoms with E-state index in [0.717, 1.165) is 34.5 Å². The highest BCUT2D eigenvalue weighted by molar-refractivity contribution is 14.1. The minimum absolute atomic E-state index is 0.520. The van der Waals surface area contributed by atoms with Gasteiger partial charge in [0, 0.05) is 15.8 Å². The second kappa shape index (κ2) is 2.65. The summed E-state index contributed by atoms with van der Waals surface area (Å²) < 4.78 is 6.50. The van der Waals surface area contributed by atoms with Crippen LogP contribution in [0.5, 0.6) is 0 Å². The topological polar surface area (TPSA) is 9.23 Å². The Kier molecular flexibility index (Phi) is 1.74. The van der Waals surface area contributed by atoms with Gasteiger partial charge in [-0.15, -0.1) is 0 Å². The minimum atomic E-state index is 0.520. The van der Waals surface area contributed by atoms with Gasteiger partial charge in [0.15, 0.2) is 0 Å². The van der Waals surface area contributed by atoms with Crippen molar-refractivity contribution in [2.75, 3.05) is 6.61 Å². The largest absolute Gasteiger partial charge is 0.498 e. The number of hydrogen-bond acceptors (Lipinski definition) is 1. The van der Waals surface area contributed by atoms with Crippen molar-refractivity contribution < 1.29 is 4.74 Å². The van der Waals surface area contributed by atoms with Crippen molar-refractivity contribution in [1.29, 1.82) is 0 Å². The van der Waals surface area contributed by atoms with Gasteiger partial charge in [0.2, 0.25) is 0 Å². The zero-order chi connectivity index (χ0) is 9.05.